The molecule has 116 valence electrons. The average molecular weight is 294 g/mol. The van der Waals surface area contributed by atoms with E-state index in [0.717, 1.165) is 25.9 Å². The van der Waals surface area contributed by atoms with Crippen LogP contribution in [0.5, 0.6) is 0 Å². The zero-order valence-corrected chi connectivity index (χ0v) is 12.1. The molecule has 0 aromatic carbocycles. The number of piperazine rings is 1. The molecule has 3 aliphatic rings. The summed E-state index contributed by atoms with van der Waals surface area (Å²) >= 11 is 0. The quantitative estimate of drug-likeness (QED) is 0.662. The van der Waals surface area contributed by atoms with Crippen LogP contribution in [0, 0.1) is 0 Å². The van der Waals surface area contributed by atoms with Crippen LogP contribution < -0.4 is 10.6 Å². The molecule has 7 nitrogen and oxygen atoms in total. The first-order valence-electron chi connectivity index (χ1n) is 7.76. The Morgan fingerprint density at radius 3 is 2.48 bits per heavy atom. The van der Waals surface area contributed by atoms with Gasteiger partial charge in [0.25, 0.3) is 0 Å². The van der Waals surface area contributed by atoms with Gasteiger partial charge in [0, 0.05) is 39.1 Å². The second-order valence-electron chi connectivity index (χ2n) is 5.92. The molecule has 3 fully saturated rings. The maximum absolute atomic E-state index is 12.6. The van der Waals surface area contributed by atoms with E-state index in [1.54, 1.807) is 4.90 Å². The van der Waals surface area contributed by atoms with Gasteiger partial charge in [0.2, 0.25) is 17.7 Å². The molecule has 3 rings (SSSR count). The van der Waals surface area contributed by atoms with Crippen molar-refractivity contribution in [2.75, 3.05) is 32.7 Å². The number of likely N-dealkylation sites (tertiary alicyclic amines) is 1. The molecule has 3 saturated heterocycles. The first kappa shape index (κ1) is 14.3. The van der Waals surface area contributed by atoms with E-state index >= 15 is 0 Å². The number of amides is 3. The molecule has 3 aliphatic heterocycles. The second kappa shape index (κ2) is 6.01. The highest BCUT2D eigenvalue weighted by atomic mass is 16.2. The van der Waals surface area contributed by atoms with Crippen molar-refractivity contribution in [3.8, 4) is 0 Å². The predicted molar refractivity (Wildman–Crippen MR) is 75.3 cm³/mol. The Balaban J connectivity index is 1.65. The topological polar surface area (TPSA) is 81.8 Å². The number of hydrogen-bond donors (Lipinski definition) is 2. The largest absolute Gasteiger partial charge is 0.344 e. The maximum Gasteiger partial charge on any atom is 0.245 e. The molecular formula is C14H22N4O3. The number of nitrogens with zero attached hydrogens (tertiary/aromatic N) is 2. The summed E-state index contributed by atoms with van der Waals surface area (Å²) in [6.45, 7) is 3.65. The minimum absolute atomic E-state index is 0.0617. The van der Waals surface area contributed by atoms with Crippen molar-refractivity contribution in [3.63, 3.8) is 0 Å². The molecule has 0 spiro atoms. The Morgan fingerprint density at radius 2 is 1.81 bits per heavy atom. The Labute approximate surface area is 124 Å². The van der Waals surface area contributed by atoms with Crippen molar-refractivity contribution < 1.29 is 14.4 Å². The molecule has 0 aromatic rings. The van der Waals surface area contributed by atoms with Crippen molar-refractivity contribution in [2.24, 2.45) is 0 Å². The van der Waals surface area contributed by atoms with Gasteiger partial charge in [-0.2, -0.15) is 0 Å². The van der Waals surface area contributed by atoms with E-state index in [1.807, 2.05) is 4.90 Å². The highest BCUT2D eigenvalue weighted by Gasteiger charge is 2.40. The number of hydrogen-bond acceptors (Lipinski definition) is 4. The van der Waals surface area contributed by atoms with Crippen LogP contribution in [-0.2, 0) is 14.4 Å². The van der Waals surface area contributed by atoms with Gasteiger partial charge in [0.05, 0.1) is 0 Å². The summed E-state index contributed by atoms with van der Waals surface area (Å²) in [4.78, 5) is 39.9. The predicted octanol–water partition coefficient (Wildman–Crippen LogP) is -1.31. The first-order valence-corrected chi connectivity index (χ1v) is 7.76. The zero-order chi connectivity index (χ0) is 14.8. The molecule has 3 amide bonds. The Bertz CT molecular complexity index is 448. The Kier molecular flexibility index (Phi) is 4.10. The van der Waals surface area contributed by atoms with Gasteiger partial charge < -0.3 is 20.4 Å². The van der Waals surface area contributed by atoms with Gasteiger partial charge in [0.15, 0.2) is 0 Å². The standard InChI is InChI=1S/C14H22N4O3/c19-12-4-3-10(16-12)13(20)18-7-1-2-11(18)14(21)17-8-5-15-6-9-17/h10-11,15H,1-9H2,(H,16,19)/t10-,11?/m1/s1. The van der Waals surface area contributed by atoms with Crippen molar-refractivity contribution in [1.82, 2.24) is 20.4 Å². The van der Waals surface area contributed by atoms with Crippen molar-refractivity contribution >= 4 is 17.7 Å². The van der Waals surface area contributed by atoms with E-state index in [-0.39, 0.29) is 23.8 Å². The van der Waals surface area contributed by atoms with Gasteiger partial charge in [-0.3, -0.25) is 14.4 Å². The smallest absolute Gasteiger partial charge is 0.245 e. The van der Waals surface area contributed by atoms with E-state index in [1.165, 1.54) is 0 Å². The second-order valence-corrected chi connectivity index (χ2v) is 5.92. The fraction of sp³-hybridized carbons (Fsp3) is 0.786. The third-order valence-corrected chi connectivity index (χ3v) is 4.54. The fourth-order valence-corrected chi connectivity index (χ4v) is 3.38. The molecule has 0 bridgehead atoms. The highest BCUT2D eigenvalue weighted by molar-refractivity contribution is 5.94. The van der Waals surface area contributed by atoms with Crippen molar-refractivity contribution in [1.29, 1.82) is 0 Å². The summed E-state index contributed by atoms with van der Waals surface area (Å²) in [7, 11) is 0. The van der Waals surface area contributed by atoms with Crippen LogP contribution in [0.15, 0.2) is 0 Å². The average Bonchev–Trinajstić information content (AvgIpc) is 3.15. The normalized spacial score (nSPS) is 29.6. The third-order valence-electron chi connectivity index (χ3n) is 4.54. The molecule has 0 aliphatic carbocycles. The summed E-state index contributed by atoms with van der Waals surface area (Å²) < 4.78 is 0. The van der Waals surface area contributed by atoms with Gasteiger partial charge >= 0.3 is 0 Å². The molecule has 2 atom stereocenters. The lowest BCUT2D eigenvalue weighted by atomic mass is 10.1. The first-order chi connectivity index (χ1) is 10.2. The molecule has 0 radical (unpaired) electrons. The Hall–Kier alpha value is -1.63. The van der Waals surface area contributed by atoms with E-state index in [0.29, 0.717) is 32.5 Å². The summed E-state index contributed by atoms with van der Waals surface area (Å²) in [5.41, 5.74) is 0. The lowest BCUT2D eigenvalue weighted by Crippen LogP contribution is -2.55. The van der Waals surface area contributed by atoms with E-state index in [9.17, 15) is 14.4 Å². The molecule has 7 heteroatoms. The summed E-state index contributed by atoms with van der Waals surface area (Å²) in [6.07, 6.45) is 2.54. The van der Waals surface area contributed by atoms with Crippen LogP contribution in [0.4, 0.5) is 0 Å². The summed E-state index contributed by atoms with van der Waals surface area (Å²) in [5, 5.41) is 5.93. The molecule has 3 heterocycles. The minimum Gasteiger partial charge on any atom is -0.344 e. The maximum atomic E-state index is 12.6. The van der Waals surface area contributed by atoms with Gasteiger partial charge in [-0.1, -0.05) is 0 Å². The van der Waals surface area contributed by atoms with Gasteiger partial charge in [-0.15, -0.1) is 0 Å². The van der Waals surface area contributed by atoms with Crippen LogP contribution in [0.2, 0.25) is 0 Å². The van der Waals surface area contributed by atoms with Crippen molar-refractivity contribution in [3.05, 3.63) is 0 Å². The lowest BCUT2D eigenvalue weighted by Gasteiger charge is -2.33. The molecule has 1 unspecified atom stereocenters. The molecule has 0 aromatic heterocycles. The van der Waals surface area contributed by atoms with Crippen LogP contribution in [0.3, 0.4) is 0 Å². The Morgan fingerprint density at radius 1 is 1.05 bits per heavy atom. The minimum atomic E-state index is -0.436. The molecule has 2 N–H and O–H groups in total. The number of nitrogens with one attached hydrogen (secondary N) is 2. The van der Waals surface area contributed by atoms with Gasteiger partial charge in [-0.25, -0.2) is 0 Å². The molecular weight excluding hydrogens is 272 g/mol. The highest BCUT2D eigenvalue weighted by Crippen LogP contribution is 2.22. The lowest BCUT2D eigenvalue weighted by molar-refractivity contribution is -0.145. The summed E-state index contributed by atoms with van der Waals surface area (Å²) in [5.74, 6) is -0.101. The SMILES string of the molecule is O=C1CC[C@H](C(=O)N2CCCC2C(=O)N2CCNCC2)N1. The van der Waals surface area contributed by atoms with E-state index in [4.69, 9.17) is 0 Å². The summed E-state index contributed by atoms with van der Waals surface area (Å²) in [6, 6.07) is -0.776. The fourth-order valence-electron chi connectivity index (χ4n) is 3.38. The number of carbonyl (C=O) groups excluding carboxylic acids is 3. The van der Waals surface area contributed by atoms with Crippen LogP contribution in [0.25, 0.3) is 0 Å². The molecule has 0 saturated carbocycles. The van der Waals surface area contributed by atoms with Crippen molar-refractivity contribution in [2.45, 2.75) is 37.8 Å². The molecule has 21 heavy (non-hydrogen) atoms. The van der Waals surface area contributed by atoms with Crippen LogP contribution in [0.1, 0.15) is 25.7 Å². The van der Waals surface area contributed by atoms with Crippen LogP contribution >= 0.6 is 0 Å². The monoisotopic (exact) mass is 294 g/mol. The van der Waals surface area contributed by atoms with Gasteiger partial charge in [0.1, 0.15) is 12.1 Å². The number of carbonyl (C=O) groups is 3. The number of rotatable bonds is 2. The third kappa shape index (κ3) is 2.88. The van der Waals surface area contributed by atoms with Crippen LogP contribution in [-0.4, -0.2) is 72.3 Å². The van der Waals surface area contributed by atoms with Gasteiger partial charge in [-0.05, 0) is 19.3 Å². The van der Waals surface area contributed by atoms with E-state index in [2.05, 4.69) is 10.6 Å². The van der Waals surface area contributed by atoms with E-state index < -0.39 is 6.04 Å². The zero-order valence-electron chi connectivity index (χ0n) is 12.1.